The van der Waals surface area contributed by atoms with Crippen LogP contribution in [-0.2, 0) is 0 Å². The molecule has 116 valence electrons. The number of hydrogen-bond acceptors (Lipinski definition) is 5. The van der Waals surface area contributed by atoms with Crippen LogP contribution >= 0.6 is 11.5 Å². The normalized spacial score (nSPS) is 38.5. The first-order valence-corrected chi connectivity index (χ1v) is 8.92. The molecule has 4 saturated carbocycles. The van der Waals surface area contributed by atoms with Gasteiger partial charge in [-0.05, 0) is 80.1 Å². The second-order valence-corrected chi connectivity index (χ2v) is 8.35. The summed E-state index contributed by atoms with van der Waals surface area (Å²) in [4.78, 5) is 0. The van der Waals surface area contributed by atoms with Crippen molar-refractivity contribution in [3.63, 3.8) is 0 Å². The highest BCUT2D eigenvalue weighted by atomic mass is 32.1. The third-order valence-electron chi connectivity index (χ3n) is 6.23. The average molecular weight is 307 g/mol. The van der Waals surface area contributed by atoms with Crippen molar-refractivity contribution in [3.05, 3.63) is 0 Å². The summed E-state index contributed by atoms with van der Waals surface area (Å²) < 4.78 is 9.62. The fourth-order valence-corrected chi connectivity index (χ4v) is 6.41. The lowest BCUT2D eigenvalue weighted by molar-refractivity contribution is -0.0602. The van der Waals surface area contributed by atoms with Gasteiger partial charge < -0.3 is 15.8 Å². The first-order chi connectivity index (χ1) is 10.1. The molecule has 0 aliphatic heterocycles. The molecule has 0 aromatic carbocycles. The molecule has 0 amide bonds. The minimum Gasteiger partial charge on any atom is -0.490 e. The van der Waals surface area contributed by atoms with E-state index in [1.807, 2.05) is 0 Å². The Labute approximate surface area is 130 Å². The van der Waals surface area contributed by atoms with Gasteiger partial charge in [-0.2, -0.15) is 4.37 Å². The van der Waals surface area contributed by atoms with Crippen molar-refractivity contribution in [1.82, 2.24) is 4.37 Å². The average Bonchev–Trinajstić information content (AvgIpc) is 2.77. The van der Waals surface area contributed by atoms with Crippen molar-refractivity contribution in [2.24, 2.45) is 23.2 Å². The summed E-state index contributed by atoms with van der Waals surface area (Å²) in [5.41, 5.74) is 6.35. The molecule has 0 radical (unpaired) electrons. The van der Waals surface area contributed by atoms with Crippen LogP contribution in [0.5, 0.6) is 5.75 Å². The number of nitrogens with two attached hydrogens (primary N) is 1. The number of hydrogen-bond donors (Lipinski definition) is 2. The monoisotopic (exact) mass is 307 g/mol. The molecule has 0 saturated heterocycles. The van der Waals surface area contributed by atoms with E-state index in [0.717, 1.165) is 28.5 Å². The van der Waals surface area contributed by atoms with E-state index in [4.69, 9.17) is 10.5 Å². The number of nitrogens with one attached hydrogen (secondary N) is 1. The number of nitrogens with zero attached hydrogens (tertiary/aromatic N) is 1. The second-order valence-electron chi connectivity index (χ2n) is 7.58. The summed E-state index contributed by atoms with van der Waals surface area (Å²) in [6.07, 6.45) is 8.69. The first kappa shape index (κ1) is 13.7. The molecule has 5 rings (SSSR count). The first-order valence-electron chi connectivity index (χ1n) is 8.15. The SMILES string of the molecule is COc1c(N)nsc1NC(C)C12CC3CC(CC(C3)C1)C2. The smallest absolute Gasteiger partial charge is 0.197 e. The zero-order valence-electron chi connectivity index (χ0n) is 12.9. The van der Waals surface area contributed by atoms with Crippen LogP contribution in [0.1, 0.15) is 45.4 Å². The molecule has 5 heteroatoms. The number of aromatic nitrogens is 1. The predicted octanol–water partition coefficient (Wildman–Crippen LogP) is 3.75. The molecule has 1 heterocycles. The Morgan fingerprint density at radius 3 is 2.33 bits per heavy atom. The number of rotatable bonds is 4. The summed E-state index contributed by atoms with van der Waals surface area (Å²) in [6, 6.07) is 0.472. The molecule has 1 aromatic rings. The highest BCUT2D eigenvalue weighted by Crippen LogP contribution is 2.61. The minimum absolute atomic E-state index is 0.472. The van der Waals surface area contributed by atoms with Crippen LogP contribution in [0, 0.1) is 23.2 Å². The zero-order valence-corrected chi connectivity index (χ0v) is 13.7. The van der Waals surface area contributed by atoms with Crippen molar-refractivity contribution in [1.29, 1.82) is 0 Å². The Morgan fingerprint density at radius 1 is 1.24 bits per heavy atom. The Hall–Kier alpha value is -0.970. The molecule has 0 spiro atoms. The second kappa shape index (κ2) is 4.77. The van der Waals surface area contributed by atoms with E-state index in [1.165, 1.54) is 50.1 Å². The Morgan fingerprint density at radius 2 is 1.81 bits per heavy atom. The van der Waals surface area contributed by atoms with Gasteiger partial charge in [0.15, 0.2) is 16.6 Å². The van der Waals surface area contributed by atoms with Gasteiger partial charge in [0, 0.05) is 6.04 Å². The number of anilines is 2. The van der Waals surface area contributed by atoms with Gasteiger partial charge in [-0.1, -0.05) is 0 Å². The number of ether oxygens (including phenoxy) is 1. The highest BCUT2D eigenvalue weighted by molar-refractivity contribution is 7.11. The van der Waals surface area contributed by atoms with Gasteiger partial charge in [0.25, 0.3) is 0 Å². The Kier molecular flexibility index (Phi) is 3.10. The maximum atomic E-state index is 5.87. The molecule has 4 aliphatic carbocycles. The van der Waals surface area contributed by atoms with Crippen LogP contribution in [0.4, 0.5) is 10.8 Å². The molecule has 4 aliphatic rings. The third kappa shape index (κ3) is 2.12. The Balaban J connectivity index is 1.56. The summed E-state index contributed by atoms with van der Waals surface area (Å²) in [7, 11) is 1.67. The topological polar surface area (TPSA) is 60.2 Å². The van der Waals surface area contributed by atoms with Crippen LogP contribution in [0.25, 0.3) is 0 Å². The molecule has 4 fully saturated rings. The molecule has 4 nitrogen and oxygen atoms in total. The van der Waals surface area contributed by atoms with Crippen LogP contribution in [0.2, 0.25) is 0 Å². The van der Waals surface area contributed by atoms with E-state index in [-0.39, 0.29) is 0 Å². The largest absolute Gasteiger partial charge is 0.490 e. The van der Waals surface area contributed by atoms with Gasteiger partial charge in [-0.3, -0.25) is 0 Å². The van der Waals surface area contributed by atoms with Gasteiger partial charge in [0.1, 0.15) is 0 Å². The maximum absolute atomic E-state index is 5.87. The van der Waals surface area contributed by atoms with Crippen molar-refractivity contribution in [3.8, 4) is 5.75 Å². The minimum atomic E-state index is 0.472. The standard InChI is InChI=1S/C16H25N3OS/c1-9(18-15-13(20-2)14(17)19-21-15)16-6-10-3-11(7-16)5-12(4-10)8-16/h9-12,18H,3-8H2,1-2H3,(H2,17,19). The van der Waals surface area contributed by atoms with E-state index in [0.29, 0.717) is 17.3 Å². The summed E-state index contributed by atoms with van der Waals surface area (Å²) in [6.45, 7) is 2.35. The molecule has 21 heavy (non-hydrogen) atoms. The van der Waals surface area contributed by atoms with Crippen molar-refractivity contribution in [2.75, 3.05) is 18.2 Å². The molecular weight excluding hydrogens is 282 g/mol. The molecule has 1 aromatic heterocycles. The molecule has 1 unspecified atom stereocenters. The predicted molar refractivity (Wildman–Crippen MR) is 86.8 cm³/mol. The molecule has 3 N–H and O–H groups in total. The lowest BCUT2D eigenvalue weighted by atomic mass is 9.48. The van der Waals surface area contributed by atoms with E-state index >= 15 is 0 Å². The van der Waals surface area contributed by atoms with Crippen molar-refractivity contribution >= 4 is 22.4 Å². The van der Waals surface area contributed by atoms with Gasteiger partial charge >= 0.3 is 0 Å². The lowest BCUT2D eigenvalue weighted by Crippen LogP contribution is -2.52. The fourth-order valence-electron chi connectivity index (χ4n) is 5.64. The van der Waals surface area contributed by atoms with Crippen LogP contribution in [0.3, 0.4) is 0 Å². The lowest BCUT2D eigenvalue weighted by Gasteiger charge is -2.59. The quantitative estimate of drug-likeness (QED) is 0.889. The van der Waals surface area contributed by atoms with Crippen molar-refractivity contribution in [2.45, 2.75) is 51.5 Å². The van der Waals surface area contributed by atoms with Crippen LogP contribution in [-0.4, -0.2) is 17.5 Å². The molecule has 4 bridgehead atoms. The van der Waals surface area contributed by atoms with Gasteiger partial charge in [0.2, 0.25) is 0 Å². The van der Waals surface area contributed by atoms with Gasteiger partial charge in [0.05, 0.1) is 7.11 Å². The van der Waals surface area contributed by atoms with E-state index in [2.05, 4.69) is 16.6 Å². The van der Waals surface area contributed by atoms with E-state index in [1.54, 1.807) is 7.11 Å². The number of methoxy groups -OCH3 is 1. The summed E-state index contributed by atoms with van der Waals surface area (Å²) in [5, 5.41) is 4.69. The Bertz CT molecular complexity index is 506. The van der Waals surface area contributed by atoms with Gasteiger partial charge in [-0.15, -0.1) is 0 Å². The third-order valence-corrected chi connectivity index (χ3v) is 7.00. The summed E-state index contributed by atoms with van der Waals surface area (Å²) in [5.74, 6) is 4.16. The highest BCUT2D eigenvalue weighted by Gasteiger charge is 2.53. The maximum Gasteiger partial charge on any atom is 0.197 e. The van der Waals surface area contributed by atoms with E-state index < -0.39 is 0 Å². The fraction of sp³-hybridized carbons (Fsp3) is 0.812. The zero-order chi connectivity index (χ0) is 14.6. The number of nitrogen functional groups attached to an aromatic ring is 1. The van der Waals surface area contributed by atoms with Crippen LogP contribution in [0.15, 0.2) is 0 Å². The van der Waals surface area contributed by atoms with Crippen molar-refractivity contribution < 1.29 is 4.74 Å². The van der Waals surface area contributed by atoms with Crippen LogP contribution < -0.4 is 15.8 Å². The summed E-state index contributed by atoms with van der Waals surface area (Å²) >= 11 is 1.42. The van der Waals surface area contributed by atoms with Gasteiger partial charge in [-0.25, -0.2) is 0 Å². The molecular formula is C16H25N3OS. The van der Waals surface area contributed by atoms with E-state index in [9.17, 15) is 0 Å². The molecule has 1 atom stereocenters.